The summed E-state index contributed by atoms with van der Waals surface area (Å²) < 4.78 is 12.0. The van der Waals surface area contributed by atoms with Crippen LogP contribution in [0.4, 0.5) is 0 Å². The summed E-state index contributed by atoms with van der Waals surface area (Å²) >= 11 is 0. The van der Waals surface area contributed by atoms with E-state index in [1.165, 1.54) is 11.1 Å². The average Bonchev–Trinajstić information content (AvgIpc) is 2.76. The summed E-state index contributed by atoms with van der Waals surface area (Å²) in [5.74, 6) is 1.79. The number of unbranched alkanes of at least 4 members (excludes halogenated alkanes) is 1. The topological polar surface area (TPSA) is 55.8 Å². The predicted molar refractivity (Wildman–Crippen MR) is 123 cm³/mol. The van der Waals surface area contributed by atoms with Crippen molar-refractivity contribution in [2.45, 2.75) is 45.4 Å². The fourth-order valence-corrected chi connectivity index (χ4v) is 3.46. The molecule has 31 heavy (non-hydrogen) atoms. The predicted octanol–water partition coefficient (Wildman–Crippen LogP) is 6.46. The molecule has 0 aliphatic rings. The number of aliphatic carboxylic acids is 1. The summed E-state index contributed by atoms with van der Waals surface area (Å²) in [5.41, 5.74) is 3.23. The van der Waals surface area contributed by atoms with Crippen LogP contribution < -0.4 is 9.47 Å². The van der Waals surface area contributed by atoms with Gasteiger partial charge in [-0.25, -0.2) is 0 Å². The minimum Gasteiger partial charge on any atom is -0.493 e. The molecule has 0 atom stereocenters. The molecular weight excluding hydrogens is 388 g/mol. The van der Waals surface area contributed by atoms with Gasteiger partial charge in [-0.1, -0.05) is 55.8 Å². The maximum absolute atomic E-state index is 10.8. The molecule has 0 bridgehead atoms. The van der Waals surface area contributed by atoms with Crippen LogP contribution in [-0.2, 0) is 24.1 Å². The molecule has 0 amide bonds. The summed E-state index contributed by atoms with van der Waals surface area (Å²) in [7, 11) is 0. The third kappa shape index (κ3) is 7.49. The van der Waals surface area contributed by atoms with Crippen LogP contribution >= 0.6 is 0 Å². The molecule has 0 unspecified atom stereocenters. The highest BCUT2D eigenvalue weighted by Gasteiger charge is 2.07. The molecule has 0 aromatic heterocycles. The Morgan fingerprint density at radius 1 is 0.839 bits per heavy atom. The zero-order chi connectivity index (χ0) is 21.9. The zero-order valence-corrected chi connectivity index (χ0v) is 18.0. The molecule has 3 aromatic rings. The maximum Gasteiger partial charge on any atom is 0.307 e. The van der Waals surface area contributed by atoms with Gasteiger partial charge in [0, 0.05) is 0 Å². The minimum atomic E-state index is -0.799. The molecule has 4 heteroatoms. The minimum absolute atomic E-state index is 0.0728. The second-order valence-corrected chi connectivity index (χ2v) is 7.63. The lowest BCUT2D eigenvalue weighted by atomic mass is 10.0. The molecule has 3 rings (SSSR count). The van der Waals surface area contributed by atoms with E-state index in [4.69, 9.17) is 14.6 Å². The van der Waals surface area contributed by atoms with Crippen molar-refractivity contribution in [2.75, 3.05) is 6.61 Å². The van der Waals surface area contributed by atoms with E-state index in [9.17, 15) is 4.79 Å². The van der Waals surface area contributed by atoms with Gasteiger partial charge in [0.1, 0.15) is 17.2 Å². The van der Waals surface area contributed by atoms with Gasteiger partial charge in [0.2, 0.25) is 0 Å². The molecule has 0 radical (unpaired) electrons. The van der Waals surface area contributed by atoms with Crippen molar-refractivity contribution in [1.82, 2.24) is 0 Å². The second kappa shape index (κ2) is 11.8. The largest absolute Gasteiger partial charge is 0.493 e. The van der Waals surface area contributed by atoms with Gasteiger partial charge in [-0.3, -0.25) is 4.79 Å². The second-order valence-electron chi connectivity index (χ2n) is 7.63. The number of carboxylic acid groups (broad SMARTS) is 1. The number of carbonyl (C=O) groups is 1. The van der Waals surface area contributed by atoms with E-state index in [1.807, 2.05) is 66.7 Å². The first-order valence-corrected chi connectivity index (χ1v) is 10.9. The highest BCUT2D eigenvalue weighted by Crippen LogP contribution is 2.29. The van der Waals surface area contributed by atoms with Crippen LogP contribution in [-0.4, -0.2) is 17.7 Å². The smallest absolute Gasteiger partial charge is 0.307 e. The van der Waals surface area contributed by atoms with Crippen LogP contribution in [0.2, 0.25) is 0 Å². The van der Waals surface area contributed by atoms with E-state index in [-0.39, 0.29) is 6.42 Å². The summed E-state index contributed by atoms with van der Waals surface area (Å²) in [5, 5.41) is 8.84. The summed E-state index contributed by atoms with van der Waals surface area (Å²) in [6, 6.07) is 23.7. The number of hydrogen-bond donors (Lipinski definition) is 1. The molecule has 0 heterocycles. The standard InChI is InChI=1S/C27H30O4/c1-2-8-23-20-25(31-24-10-4-3-5-11-24)16-17-26(23)30-18-7-6-9-21-12-14-22(15-13-21)19-27(28)29/h3-5,10-17,20H,2,6-9,18-19H2,1H3,(H,28,29). The fourth-order valence-electron chi connectivity index (χ4n) is 3.46. The Morgan fingerprint density at radius 3 is 2.29 bits per heavy atom. The number of ether oxygens (including phenoxy) is 2. The van der Waals surface area contributed by atoms with Crippen LogP contribution in [0.5, 0.6) is 17.2 Å². The Hall–Kier alpha value is -3.27. The number of rotatable bonds is 12. The molecule has 0 aliphatic heterocycles. The van der Waals surface area contributed by atoms with Gasteiger partial charge in [-0.15, -0.1) is 0 Å². The van der Waals surface area contributed by atoms with E-state index in [1.54, 1.807) is 0 Å². The first-order valence-electron chi connectivity index (χ1n) is 10.9. The number of benzene rings is 3. The molecule has 0 aliphatic carbocycles. The van der Waals surface area contributed by atoms with Gasteiger partial charge in [-0.2, -0.15) is 0 Å². The lowest BCUT2D eigenvalue weighted by Crippen LogP contribution is -2.02. The van der Waals surface area contributed by atoms with Crippen LogP contribution in [0.25, 0.3) is 0 Å². The number of para-hydroxylation sites is 1. The Kier molecular flexibility index (Phi) is 8.53. The van der Waals surface area contributed by atoms with Crippen molar-refractivity contribution >= 4 is 5.97 Å². The van der Waals surface area contributed by atoms with Gasteiger partial charge < -0.3 is 14.6 Å². The molecule has 0 fully saturated rings. The molecule has 4 nitrogen and oxygen atoms in total. The van der Waals surface area contributed by atoms with Crippen molar-refractivity contribution in [3.8, 4) is 17.2 Å². The van der Waals surface area contributed by atoms with Crippen molar-refractivity contribution in [1.29, 1.82) is 0 Å². The highest BCUT2D eigenvalue weighted by atomic mass is 16.5. The lowest BCUT2D eigenvalue weighted by Gasteiger charge is -2.13. The molecule has 0 saturated carbocycles. The third-order valence-electron chi connectivity index (χ3n) is 5.03. The molecule has 3 aromatic carbocycles. The third-order valence-corrected chi connectivity index (χ3v) is 5.03. The van der Waals surface area contributed by atoms with Crippen LogP contribution in [0.3, 0.4) is 0 Å². The molecular formula is C27H30O4. The van der Waals surface area contributed by atoms with E-state index >= 15 is 0 Å². The van der Waals surface area contributed by atoms with Gasteiger partial charge in [0.15, 0.2) is 0 Å². The first kappa shape index (κ1) is 22.4. The van der Waals surface area contributed by atoms with Gasteiger partial charge in [-0.05, 0) is 72.7 Å². The zero-order valence-electron chi connectivity index (χ0n) is 18.0. The molecule has 0 spiro atoms. The normalized spacial score (nSPS) is 10.6. The van der Waals surface area contributed by atoms with Crippen molar-refractivity contribution in [2.24, 2.45) is 0 Å². The van der Waals surface area contributed by atoms with E-state index < -0.39 is 5.97 Å². The SMILES string of the molecule is CCCc1cc(Oc2ccccc2)ccc1OCCCCc1ccc(CC(=O)O)cc1. The quantitative estimate of drug-likeness (QED) is 0.343. The Morgan fingerprint density at radius 2 is 1.58 bits per heavy atom. The monoisotopic (exact) mass is 418 g/mol. The van der Waals surface area contributed by atoms with E-state index in [0.29, 0.717) is 6.61 Å². The molecule has 1 N–H and O–H groups in total. The van der Waals surface area contributed by atoms with Crippen LogP contribution in [0, 0.1) is 0 Å². The van der Waals surface area contributed by atoms with Crippen molar-refractivity contribution in [3.05, 3.63) is 89.5 Å². The van der Waals surface area contributed by atoms with Crippen LogP contribution in [0.1, 0.15) is 42.9 Å². The summed E-state index contributed by atoms with van der Waals surface area (Å²) in [6.07, 6.45) is 5.01. The summed E-state index contributed by atoms with van der Waals surface area (Å²) in [4.78, 5) is 10.8. The van der Waals surface area contributed by atoms with Gasteiger partial charge in [0.05, 0.1) is 13.0 Å². The highest BCUT2D eigenvalue weighted by molar-refractivity contribution is 5.70. The summed E-state index contributed by atoms with van der Waals surface area (Å²) in [6.45, 7) is 2.84. The van der Waals surface area contributed by atoms with Gasteiger partial charge >= 0.3 is 5.97 Å². The average molecular weight is 419 g/mol. The lowest BCUT2D eigenvalue weighted by molar-refractivity contribution is -0.136. The molecule has 0 saturated heterocycles. The van der Waals surface area contributed by atoms with E-state index in [2.05, 4.69) is 13.0 Å². The van der Waals surface area contributed by atoms with Crippen molar-refractivity contribution in [3.63, 3.8) is 0 Å². The number of carboxylic acids is 1. The Bertz CT molecular complexity index is 949. The Balaban J connectivity index is 1.47. The van der Waals surface area contributed by atoms with E-state index in [0.717, 1.165) is 54.9 Å². The maximum atomic E-state index is 10.8. The first-order chi connectivity index (χ1) is 15.1. The Labute approximate surface area is 184 Å². The van der Waals surface area contributed by atoms with Gasteiger partial charge in [0.25, 0.3) is 0 Å². The number of aryl methyl sites for hydroxylation is 2. The fraction of sp³-hybridized carbons (Fsp3) is 0.296. The molecule has 162 valence electrons. The van der Waals surface area contributed by atoms with Crippen LogP contribution in [0.15, 0.2) is 72.8 Å². The number of hydrogen-bond acceptors (Lipinski definition) is 3. The van der Waals surface area contributed by atoms with Crippen molar-refractivity contribution < 1.29 is 19.4 Å².